The standard InChI is InChI=1S/C10H18N2O/c1-2-9(11)10(13)12-6-7-3-4-8(12)5-7/h7-9H,2-6,11H2,1H3. The molecule has 1 aliphatic heterocycles. The molecule has 3 atom stereocenters. The lowest BCUT2D eigenvalue weighted by atomic mass is 10.1. The molecule has 0 aromatic heterocycles. The number of likely N-dealkylation sites (tertiary alicyclic amines) is 1. The lowest BCUT2D eigenvalue weighted by Gasteiger charge is -2.29. The second-order valence-electron chi connectivity index (χ2n) is 4.34. The Hall–Kier alpha value is -0.570. The molecule has 0 radical (unpaired) electrons. The second kappa shape index (κ2) is 3.29. The second-order valence-corrected chi connectivity index (χ2v) is 4.34. The Morgan fingerprint density at radius 1 is 1.62 bits per heavy atom. The predicted molar refractivity (Wildman–Crippen MR) is 51.1 cm³/mol. The summed E-state index contributed by atoms with van der Waals surface area (Å²) in [5, 5.41) is 0. The molecule has 3 unspecified atom stereocenters. The molecule has 2 fully saturated rings. The first-order chi connectivity index (χ1) is 6.22. The van der Waals surface area contributed by atoms with Crippen LogP contribution < -0.4 is 5.73 Å². The van der Waals surface area contributed by atoms with Crippen LogP contribution in [0.25, 0.3) is 0 Å². The molecule has 1 saturated heterocycles. The zero-order chi connectivity index (χ0) is 9.42. The number of piperidine rings is 1. The Morgan fingerprint density at radius 3 is 2.85 bits per heavy atom. The van der Waals surface area contributed by atoms with Crippen molar-refractivity contribution < 1.29 is 4.79 Å². The molecule has 2 aliphatic rings. The maximum absolute atomic E-state index is 11.8. The Labute approximate surface area is 79.3 Å². The summed E-state index contributed by atoms with van der Waals surface area (Å²) in [6, 6.07) is 0.259. The smallest absolute Gasteiger partial charge is 0.239 e. The van der Waals surface area contributed by atoms with Gasteiger partial charge in [-0.1, -0.05) is 6.92 Å². The average Bonchev–Trinajstić information content (AvgIpc) is 2.76. The van der Waals surface area contributed by atoms with Gasteiger partial charge in [-0.2, -0.15) is 0 Å². The molecule has 1 amide bonds. The van der Waals surface area contributed by atoms with Gasteiger partial charge in [0.2, 0.25) is 5.91 Å². The first-order valence-electron chi connectivity index (χ1n) is 5.28. The molecule has 1 heterocycles. The minimum Gasteiger partial charge on any atom is -0.338 e. The number of nitrogens with two attached hydrogens (primary N) is 1. The van der Waals surface area contributed by atoms with Crippen LogP contribution >= 0.6 is 0 Å². The quantitative estimate of drug-likeness (QED) is 0.684. The van der Waals surface area contributed by atoms with Crippen molar-refractivity contribution in [1.82, 2.24) is 4.90 Å². The number of rotatable bonds is 2. The maximum atomic E-state index is 11.8. The van der Waals surface area contributed by atoms with E-state index in [4.69, 9.17) is 5.73 Å². The number of hydrogen-bond donors (Lipinski definition) is 1. The lowest BCUT2D eigenvalue weighted by Crippen LogP contribution is -2.46. The fraction of sp³-hybridized carbons (Fsp3) is 0.900. The Kier molecular flexibility index (Phi) is 2.28. The van der Waals surface area contributed by atoms with Gasteiger partial charge < -0.3 is 10.6 Å². The number of carbonyl (C=O) groups is 1. The van der Waals surface area contributed by atoms with E-state index in [0.717, 1.165) is 18.9 Å². The van der Waals surface area contributed by atoms with Crippen molar-refractivity contribution in [3.05, 3.63) is 0 Å². The molecule has 13 heavy (non-hydrogen) atoms. The van der Waals surface area contributed by atoms with Crippen molar-refractivity contribution in [3.63, 3.8) is 0 Å². The van der Waals surface area contributed by atoms with E-state index in [2.05, 4.69) is 0 Å². The highest BCUT2D eigenvalue weighted by molar-refractivity contribution is 5.82. The van der Waals surface area contributed by atoms with Crippen LogP contribution in [0, 0.1) is 5.92 Å². The van der Waals surface area contributed by atoms with Crippen molar-refractivity contribution in [2.75, 3.05) is 6.54 Å². The Balaban J connectivity index is 1.98. The van der Waals surface area contributed by atoms with Crippen molar-refractivity contribution in [2.24, 2.45) is 11.7 Å². The van der Waals surface area contributed by atoms with Gasteiger partial charge in [-0.15, -0.1) is 0 Å². The molecule has 1 aliphatic carbocycles. The third-order valence-electron chi connectivity index (χ3n) is 3.45. The van der Waals surface area contributed by atoms with Gasteiger partial charge in [-0.3, -0.25) is 4.79 Å². The van der Waals surface area contributed by atoms with Gasteiger partial charge in [0.1, 0.15) is 0 Å². The van der Waals surface area contributed by atoms with E-state index in [0.29, 0.717) is 6.04 Å². The van der Waals surface area contributed by atoms with E-state index >= 15 is 0 Å². The minimum atomic E-state index is -0.264. The summed E-state index contributed by atoms with van der Waals surface area (Å²) in [6.45, 7) is 2.94. The fourth-order valence-electron chi connectivity index (χ4n) is 2.58. The molecule has 74 valence electrons. The van der Waals surface area contributed by atoms with E-state index in [1.807, 2.05) is 11.8 Å². The van der Waals surface area contributed by atoms with E-state index < -0.39 is 0 Å². The van der Waals surface area contributed by atoms with Gasteiger partial charge in [0, 0.05) is 12.6 Å². The summed E-state index contributed by atoms with van der Waals surface area (Å²) in [7, 11) is 0. The average molecular weight is 182 g/mol. The maximum Gasteiger partial charge on any atom is 0.239 e. The van der Waals surface area contributed by atoms with Crippen molar-refractivity contribution in [3.8, 4) is 0 Å². The van der Waals surface area contributed by atoms with Gasteiger partial charge in [0.25, 0.3) is 0 Å². The van der Waals surface area contributed by atoms with Gasteiger partial charge in [0.05, 0.1) is 6.04 Å². The zero-order valence-corrected chi connectivity index (χ0v) is 8.20. The van der Waals surface area contributed by atoms with E-state index in [1.54, 1.807) is 0 Å². The van der Waals surface area contributed by atoms with Crippen LogP contribution in [0.3, 0.4) is 0 Å². The SMILES string of the molecule is CCC(N)C(=O)N1CC2CCC1C2. The predicted octanol–water partition coefficient (Wildman–Crippen LogP) is 0.735. The lowest BCUT2D eigenvalue weighted by molar-refractivity contribution is -0.134. The minimum absolute atomic E-state index is 0.176. The van der Waals surface area contributed by atoms with Gasteiger partial charge >= 0.3 is 0 Å². The molecule has 1 saturated carbocycles. The first-order valence-corrected chi connectivity index (χ1v) is 5.28. The van der Waals surface area contributed by atoms with Crippen LogP contribution in [0.2, 0.25) is 0 Å². The van der Waals surface area contributed by atoms with Crippen LogP contribution in [-0.4, -0.2) is 29.4 Å². The number of carbonyl (C=O) groups excluding carboxylic acids is 1. The normalized spacial score (nSPS) is 33.8. The molecular formula is C10H18N2O. The van der Waals surface area contributed by atoms with Crippen LogP contribution in [-0.2, 0) is 4.79 Å². The van der Waals surface area contributed by atoms with Crippen molar-refractivity contribution in [2.45, 2.75) is 44.7 Å². The summed E-state index contributed by atoms with van der Waals surface area (Å²) < 4.78 is 0. The van der Waals surface area contributed by atoms with E-state index in [9.17, 15) is 4.79 Å². The monoisotopic (exact) mass is 182 g/mol. The highest BCUT2D eigenvalue weighted by atomic mass is 16.2. The van der Waals surface area contributed by atoms with E-state index in [1.165, 1.54) is 19.3 Å². The Bertz CT molecular complexity index is 217. The molecule has 3 nitrogen and oxygen atoms in total. The number of hydrogen-bond acceptors (Lipinski definition) is 2. The number of nitrogens with zero attached hydrogens (tertiary/aromatic N) is 1. The molecule has 0 aromatic carbocycles. The van der Waals surface area contributed by atoms with Crippen LogP contribution in [0.5, 0.6) is 0 Å². The van der Waals surface area contributed by atoms with Crippen molar-refractivity contribution in [1.29, 1.82) is 0 Å². The highest BCUT2D eigenvalue weighted by Gasteiger charge is 2.40. The van der Waals surface area contributed by atoms with Crippen LogP contribution in [0.1, 0.15) is 32.6 Å². The largest absolute Gasteiger partial charge is 0.338 e. The molecular weight excluding hydrogens is 164 g/mol. The first kappa shape index (κ1) is 9.00. The summed E-state index contributed by atoms with van der Waals surface area (Å²) in [5.74, 6) is 0.952. The van der Waals surface area contributed by atoms with Crippen LogP contribution in [0.4, 0.5) is 0 Å². The Morgan fingerprint density at radius 2 is 2.38 bits per heavy atom. The molecule has 0 spiro atoms. The number of amides is 1. The molecule has 0 aromatic rings. The topological polar surface area (TPSA) is 46.3 Å². The molecule has 3 heteroatoms. The molecule has 2 rings (SSSR count). The summed E-state index contributed by atoms with van der Waals surface area (Å²) in [4.78, 5) is 13.8. The fourth-order valence-corrected chi connectivity index (χ4v) is 2.58. The van der Waals surface area contributed by atoms with Crippen LogP contribution in [0.15, 0.2) is 0 Å². The summed E-state index contributed by atoms with van der Waals surface area (Å²) in [6.07, 6.45) is 4.50. The van der Waals surface area contributed by atoms with Crippen molar-refractivity contribution >= 4 is 5.91 Å². The molecule has 2 N–H and O–H groups in total. The van der Waals surface area contributed by atoms with E-state index in [-0.39, 0.29) is 11.9 Å². The third-order valence-corrected chi connectivity index (χ3v) is 3.45. The highest BCUT2D eigenvalue weighted by Crippen LogP contribution is 2.37. The zero-order valence-electron chi connectivity index (χ0n) is 8.20. The van der Waals surface area contributed by atoms with Gasteiger partial charge in [-0.25, -0.2) is 0 Å². The van der Waals surface area contributed by atoms with Gasteiger partial charge in [0.15, 0.2) is 0 Å². The summed E-state index contributed by atoms with van der Waals surface area (Å²) in [5.41, 5.74) is 5.74. The van der Waals surface area contributed by atoms with Gasteiger partial charge in [-0.05, 0) is 31.6 Å². The molecule has 2 bridgehead atoms. The number of fused-ring (bicyclic) bond motifs is 2. The third kappa shape index (κ3) is 1.46. The summed E-state index contributed by atoms with van der Waals surface area (Å²) >= 11 is 0.